The second kappa shape index (κ2) is 9.56. The number of urea groups is 1. The van der Waals surface area contributed by atoms with Crippen LogP contribution in [0.4, 0.5) is 9.18 Å². The number of fused-ring (bicyclic) bond motifs is 1. The van der Waals surface area contributed by atoms with E-state index in [1.807, 2.05) is 25.3 Å². The summed E-state index contributed by atoms with van der Waals surface area (Å²) in [4.78, 5) is 28.8. The van der Waals surface area contributed by atoms with Crippen LogP contribution in [-0.4, -0.2) is 66.2 Å². The fourth-order valence-electron chi connectivity index (χ4n) is 3.62. The Morgan fingerprint density at radius 3 is 2.69 bits per heavy atom. The Labute approximate surface area is 170 Å². The van der Waals surface area contributed by atoms with Gasteiger partial charge in [0.2, 0.25) is 5.91 Å². The summed E-state index contributed by atoms with van der Waals surface area (Å²) >= 11 is 0. The van der Waals surface area contributed by atoms with Gasteiger partial charge < -0.3 is 24.4 Å². The van der Waals surface area contributed by atoms with Gasteiger partial charge >= 0.3 is 6.03 Å². The molecule has 0 bridgehead atoms. The zero-order chi connectivity index (χ0) is 20.8. The van der Waals surface area contributed by atoms with Crippen molar-refractivity contribution >= 4 is 11.9 Å². The van der Waals surface area contributed by atoms with E-state index in [1.54, 1.807) is 24.1 Å². The van der Waals surface area contributed by atoms with Crippen LogP contribution < -0.4 is 5.32 Å². The summed E-state index contributed by atoms with van der Waals surface area (Å²) in [6, 6.07) is 9.50. The van der Waals surface area contributed by atoms with Gasteiger partial charge in [0, 0.05) is 45.2 Å². The molecule has 0 saturated heterocycles. The molecule has 0 saturated carbocycles. The van der Waals surface area contributed by atoms with Crippen molar-refractivity contribution in [2.24, 2.45) is 0 Å². The summed E-state index contributed by atoms with van der Waals surface area (Å²) in [5, 5.41) is 2.74. The van der Waals surface area contributed by atoms with Crippen LogP contribution in [-0.2, 0) is 16.1 Å². The molecular weight excluding hydrogens is 375 g/mol. The number of hydrogen-bond donors (Lipinski definition) is 1. The van der Waals surface area contributed by atoms with Crippen molar-refractivity contribution in [3.05, 3.63) is 59.7 Å². The summed E-state index contributed by atoms with van der Waals surface area (Å²) in [6.45, 7) is 4.10. The maximum absolute atomic E-state index is 13.4. The van der Waals surface area contributed by atoms with Gasteiger partial charge in [0.25, 0.3) is 0 Å². The largest absolute Gasteiger partial charge is 0.383 e. The number of rotatable bonds is 7. The van der Waals surface area contributed by atoms with E-state index in [0.29, 0.717) is 32.8 Å². The molecule has 1 aromatic carbocycles. The van der Waals surface area contributed by atoms with Crippen molar-refractivity contribution in [1.82, 2.24) is 19.7 Å². The average molecular weight is 402 g/mol. The fraction of sp³-hybridized carbons (Fsp3) is 0.429. The van der Waals surface area contributed by atoms with E-state index >= 15 is 0 Å². The van der Waals surface area contributed by atoms with Gasteiger partial charge in [0.1, 0.15) is 12.4 Å². The van der Waals surface area contributed by atoms with E-state index in [1.165, 1.54) is 17.0 Å². The van der Waals surface area contributed by atoms with Crippen LogP contribution in [0, 0.1) is 5.82 Å². The molecule has 0 spiro atoms. The summed E-state index contributed by atoms with van der Waals surface area (Å²) in [5.41, 5.74) is 1.80. The third kappa shape index (κ3) is 4.76. The Balaban J connectivity index is 1.85. The molecular formula is C21H27FN4O3. The molecule has 0 radical (unpaired) electrons. The number of amides is 3. The first-order chi connectivity index (χ1) is 14.0. The molecule has 1 aliphatic rings. The zero-order valence-corrected chi connectivity index (χ0v) is 16.8. The molecule has 3 rings (SSSR count). The maximum Gasteiger partial charge on any atom is 0.317 e. The predicted molar refractivity (Wildman–Crippen MR) is 107 cm³/mol. The summed E-state index contributed by atoms with van der Waals surface area (Å²) in [5.74, 6) is -0.478. The third-order valence-corrected chi connectivity index (χ3v) is 5.05. The average Bonchev–Trinajstić information content (AvgIpc) is 3.20. The van der Waals surface area contributed by atoms with Gasteiger partial charge in [-0.05, 0) is 36.8 Å². The third-order valence-electron chi connectivity index (χ3n) is 5.05. The highest BCUT2D eigenvalue weighted by molar-refractivity contribution is 5.84. The number of methoxy groups -OCH3 is 1. The Bertz CT molecular complexity index is 837. The Kier molecular flexibility index (Phi) is 6.87. The molecule has 1 N–H and O–H groups in total. The number of halogens is 1. The number of aromatic nitrogens is 1. The first-order valence-corrected chi connectivity index (χ1v) is 9.76. The molecule has 2 aromatic rings. The molecule has 156 valence electrons. The highest BCUT2D eigenvalue weighted by Gasteiger charge is 2.33. The smallest absolute Gasteiger partial charge is 0.317 e. The summed E-state index contributed by atoms with van der Waals surface area (Å²) < 4.78 is 20.6. The molecule has 7 nitrogen and oxygen atoms in total. The van der Waals surface area contributed by atoms with Crippen LogP contribution in [0.2, 0.25) is 0 Å². The van der Waals surface area contributed by atoms with Crippen LogP contribution in [0.1, 0.15) is 24.2 Å². The van der Waals surface area contributed by atoms with Crippen LogP contribution in [0.5, 0.6) is 0 Å². The number of nitrogens with zero attached hydrogens (tertiary/aromatic N) is 3. The number of ether oxygens (including phenoxy) is 1. The molecule has 0 fully saturated rings. The topological polar surface area (TPSA) is 66.8 Å². The first kappa shape index (κ1) is 20.9. The van der Waals surface area contributed by atoms with Gasteiger partial charge in [-0.25, -0.2) is 9.18 Å². The van der Waals surface area contributed by atoms with Gasteiger partial charge in [-0.1, -0.05) is 12.1 Å². The van der Waals surface area contributed by atoms with Crippen molar-refractivity contribution in [3.8, 4) is 0 Å². The Morgan fingerprint density at radius 1 is 1.24 bits per heavy atom. The van der Waals surface area contributed by atoms with Crippen LogP contribution >= 0.6 is 0 Å². The first-order valence-electron chi connectivity index (χ1n) is 9.76. The minimum Gasteiger partial charge on any atom is -0.383 e. The van der Waals surface area contributed by atoms with Crippen molar-refractivity contribution in [1.29, 1.82) is 0 Å². The lowest BCUT2D eigenvalue weighted by atomic mass is 9.99. The molecule has 2 heterocycles. The SMILES string of the molecule is CCNC(=O)N(CCOC)CC(=O)N1CCn2cccc2C1c1ccc(F)cc1. The second-order valence-electron chi connectivity index (χ2n) is 6.92. The quantitative estimate of drug-likeness (QED) is 0.772. The molecule has 29 heavy (non-hydrogen) atoms. The van der Waals surface area contributed by atoms with Gasteiger partial charge in [-0.2, -0.15) is 0 Å². The van der Waals surface area contributed by atoms with Crippen LogP contribution in [0.3, 0.4) is 0 Å². The van der Waals surface area contributed by atoms with Crippen molar-refractivity contribution in [2.45, 2.75) is 19.5 Å². The minimum atomic E-state index is -0.328. The van der Waals surface area contributed by atoms with E-state index in [2.05, 4.69) is 9.88 Å². The number of benzene rings is 1. The zero-order valence-electron chi connectivity index (χ0n) is 16.8. The van der Waals surface area contributed by atoms with Gasteiger partial charge in [-0.15, -0.1) is 0 Å². The lowest BCUT2D eigenvalue weighted by molar-refractivity contribution is -0.134. The second-order valence-corrected chi connectivity index (χ2v) is 6.92. The van der Waals surface area contributed by atoms with Gasteiger partial charge in [-0.3, -0.25) is 4.79 Å². The maximum atomic E-state index is 13.4. The molecule has 1 atom stereocenters. The van der Waals surface area contributed by atoms with E-state index < -0.39 is 0 Å². The number of carbonyl (C=O) groups is 2. The molecule has 1 aliphatic heterocycles. The summed E-state index contributed by atoms with van der Waals surface area (Å²) in [7, 11) is 1.56. The van der Waals surface area contributed by atoms with E-state index in [-0.39, 0.29) is 30.3 Å². The lowest BCUT2D eigenvalue weighted by Gasteiger charge is -2.38. The Hall–Kier alpha value is -2.87. The molecule has 1 aromatic heterocycles. The molecule has 3 amide bonds. The Morgan fingerprint density at radius 2 is 2.00 bits per heavy atom. The minimum absolute atomic E-state index is 0.0480. The van der Waals surface area contributed by atoms with Crippen LogP contribution in [0.15, 0.2) is 42.6 Å². The monoisotopic (exact) mass is 402 g/mol. The van der Waals surface area contributed by atoms with Crippen molar-refractivity contribution in [3.63, 3.8) is 0 Å². The highest BCUT2D eigenvalue weighted by atomic mass is 19.1. The van der Waals surface area contributed by atoms with Crippen molar-refractivity contribution < 1.29 is 18.7 Å². The van der Waals surface area contributed by atoms with Gasteiger partial charge in [0.15, 0.2) is 0 Å². The van der Waals surface area contributed by atoms with Gasteiger partial charge in [0.05, 0.1) is 12.6 Å². The van der Waals surface area contributed by atoms with E-state index in [9.17, 15) is 14.0 Å². The molecule has 1 unspecified atom stereocenters. The normalized spacial score (nSPS) is 15.7. The highest BCUT2D eigenvalue weighted by Crippen LogP contribution is 2.32. The molecule has 0 aliphatic carbocycles. The van der Waals surface area contributed by atoms with Crippen LogP contribution in [0.25, 0.3) is 0 Å². The summed E-state index contributed by atoms with van der Waals surface area (Å²) in [6.07, 6.45) is 1.98. The predicted octanol–water partition coefficient (Wildman–Crippen LogP) is 2.24. The number of hydrogen-bond acceptors (Lipinski definition) is 3. The standard InChI is InChI=1S/C21H27FN4O3/c1-3-23-21(28)25(13-14-29-2)15-19(27)26-12-11-24-10-4-5-18(24)20(26)16-6-8-17(22)9-7-16/h4-10,20H,3,11-15H2,1-2H3,(H,23,28). The fourth-order valence-corrected chi connectivity index (χ4v) is 3.62. The van der Waals surface area contributed by atoms with E-state index in [0.717, 1.165) is 11.3 Å². The lowest BCUT2D eigenvalue weighted by Crippen LogP contribution is -2.50. The van der Waals surface area contributed by atoms with E-state index in [4.69, 9.17) is 4.74 Å². The van der Waals surface area contributed by atoms with Crippen molar-refractivity contribution in [2.75, 3.05) is 39.9 Å². The number of nitrogens with one attached hydrogen (secondary N) is 1. The number of carbonyl (C=O) groups excluding carboxylic acids is 2. The molecule has 8 heteroatoms.